The second-order valence-electron chi connectivity index (χ2n) is 6.99. The first-order valence-corrected chi connectivity index (χ1v) is 11.1. The Morgan fingerprint density at radius 1 is 1.03 bits per heavy atom. The number of nitrogens with zero attached hydrogens (tertiary/aromatic N) is 2. The van der Waals surface area contributed by atoms with Crippen LogP contribution in [0.1, 0.15) is 42.1 Å². The van der Waals surface area contributed by atoms with Crippen molar-refractivity contribution >= 4 is 28.2 Å². The summed E-state index contributed by atoms with van der Waals surface area (Å²) in [5.41, 5.74) is 4.62. The Hall–Kier alpha value is -2.77. The predicted octanol–water partition coefficient (Wildman–Crippen LogP) is 3.68. The maximum absolute atomic E-state index is 12.8. The van der Waals surface area contributed by atoms with Crippen molar-refractivity contribution in [2.45, 2.75) is 31.1 Å². The van der Waals surface area contributed by atoms with Gasteiger partial charge in [0.25, 0.3) is 5.91 Å². The lowest BCUT2D eigenvalue weighted by Gasteiger charge is -2.25. The summed E-state index contributed by atoms with van der Waals surface area (Å²) in [7, 11) is -3.58. The first-order valence-electron chi connectivity index (χ1n) is 9.64. The van der Waals surface area contributed by atoms with E-state index in [4.69, 9.17) is 0 Å². The van der Waals surface area contributed by atoms with E-state index in [2.05, 4.69) is 10.5 Å². The van der Waals surface area contributed by atoms with E-state index < -0.39 is 15.9 Å². The molecule has 0 radical (unpaired) electrons. The van der Waals surface area contributed by atoms with Crippen molar-refractivity contribution in [3.63, 3.8) is 0 Å². The molecule has 1 N–H and O–H groups in total. The molecule has 0 unspecified atom stereocenters. The summed E-state index contributed by atoms with van der Waals surface area (Å²) in [4.78, 5) is 12.5. The molecule has 152 valence electrons. The van der Waals surface area contributed by atoms with Crippen LogP contribution in [0.4, 0.5) is 0 Å². The zero-order valence-electron chi connectivity index (χ0n) is 16.4. The molecular weight excluding hydrogens is 386 g/mol. The molecule has 0 spiro atoms. The number of hydrazone groups is 1. The number of allylic oxidation sites excluding steroid dienone is 1. The summed E-state index contributed by atoms with van der Waals surface area (Å²) >= 11 is 0. The Bertz CT molecular complexity index is 1010. The van der Waals surface area contributed by atoms with Crippen molar-refractivity contribution in [2.24, 2.45) is 5.10 Å². The van der Waals surface area contributed by atoms with Gasteiger partial charge in [-0.3, -0.25) is 4.79 Å². The van der Waals surface area contributed by atoms with E-state index in [1.54, 1.807) is 18.3 Å². The SMILES string of the molecule is CC(/C=N\NC(=O)c1cccc(S(=O)(=O)N2CCCCC2)c1)=C\c1ccccc1. The fourth-order valence-corrected chi connectivity index (χ4v) is 4.72. The average Bonchev–Trinajstić information content (AvgIpc) is 2.75. The van der Waals surface area contributed by atoms with Gasteiger partial charge in [0.2, 0.25) is 10.0 Å². The van der Waals surface area contributed by atoms with Gasteiger partial charge in [-0.1, -0.05) is 48.9 Å². The van der Waals surface area contributed by atoms with E-state index in [1.807, 2.05) is 43.3 Å². The first kappa shape index (κ1) is 21.0. The summed E-state index contributed by atoms with van der Waals surface area (Å²) in [6.45, 7) is 2.93. The lowest BCUT2D eigenvalue weighted by Crippen LogP contribution is -2.35. The highest BCUT2D eigenvalue weighted by molar-refractivity contribution is 7.89. The van der Waals surface area contributed by atoms with Crippen molar-refractivity contribution < 1.29 is 13.2 Å². The number of nitrogens with one attached hydrogen (secondary N) is 1. The van der Waals surface area contributed by atoms with Gasteiger partial charge in [-0.05, 0) is 49.1 Å². The van der Waals surface area contributed by atoms with Gasteiger partial charge in [-0.25, -0.2) is 13.8 Å². The van der Waals surface area contributed by atoms with E-state index in [-0.39, 0.29) is 10.5 Å². The average molecular weight is 412 g/mol. The molecule has 29 heavy (non-hydrogen) atoms. The van der Waals surface area contributed by atoms with Crippen LogP contribution < -0.4 is 5.43 Å². The molecule has 1 amide bonds. The molecule has 1 saturated heterocycles. The number of carbonyl (C=O) groups is 1. The first-order chi connectivity index (χ1) is 14.0. The third-order valence-electron chi connectivity index (χ3n) is 4.68. The molecule has 6 nitrogen and oxygen atoms in total. The number of piperidine rings is 1. The van der Waals surface area contributed by atoms with Crippen LogP contribution >= 0.6 is 0 Å². The lowest BCUT2D eigenvalue weighted by molar-refractivity contribution is 0.0955. The Labute approximate surface area is 172 Å². The summed E-state index contributed by atoms with van der Waals surface area (Å²) in [6.07, 6.45) is 6.28. The number of rotatable bonds is 6. The van der Waals surface area contributed by atoms with E-state index in [0.717, 1.165) is 30.4 Å². The van der Waals surface area contributed by atoms with Crippen LogP contribution in [0, 0.1) is 0 Å². The van der Waals surface area contributed by atoms with Gasteiger partial charge in [-0.2, -0.15) is 9.41 Å². The number of sulfonamides is 1. The molecule has 0 aromatic heterocycles. The van der Waals surface area contributed by atoms with Gasteiger partial charge >= 0.3 is 0 Å². The van der Waals surface area contributed by atoms with E-state index >= 15 is 0 Å². The highest BCUT2D eigenvalue weighted by atomic mass is 32.2. The summed E-state index contributed by atoms with van der Waals surface area (Å²) < 4.78 is 27.1. The molecule has 1 heterocycles. The molecular formula is C22H25N3O3S. The van der Waals surface area contributed by atoms with E-state index in [9.17, 15) is 13.2 Å². The largest absolute Gasteiger partial charge is 0.271 e. The molecule has 0 bridgehead atoms. The maximum Gasteiger partial charge on any atom is 0.271 e. The third kappa shape index (κ3) is 5.62. The van der Waals surface area contributed by atoms with Crippen LogP contribution in [-0.4, -0.2) is 37.9 Å². The zero-order chi connectivity index (χ0) is 20.7. The Morgan fingerprint density at radius 3 is 2.48 bits per heavy atom. The lowest BCUT2D eigenvalue weighted by atomic mass is 10.1. The zero-order valence-corrected chi connectivity index (χ0v) is 17.2. The van der Waals surface area contributed by atoms with Crippen LogP contribution in [-0.2, 0) is 10.0 Å². The maximum atomic E-state index is 12.8. The predicted molar refractivity (Wildman–Crippen MR) is 115 cm³/mol. The Morgan fingerprint density at radius 2 is 1.76 bits per heavy atom. The molecule has 1 fully saturated rings. The minimum atomic E-state index is -3.58. The van der Waals surface area contributed by atoms with Crippen LogP contribution in [0.2, 0.25) is 0 Å². The number of carbonyl (C=O) groups excluding carboxylic acids is 1. The van der Waals surface area contributed by atoms with Crippen molar-refractivity contribution in [1.82, 2.24) is 9.73 Å². The van der Waals surface area contributed by atoms with E-state index in [1.165, 1.54) is 16.4 Å². The van der Waals surface area contributed by atoms with Gasteiger partial charge < -0.3 is 0 Å². The van der Waals surface area contributed by atoms with Crippen molar-refractivity contribution in [3.05, 3.63) is 71.3 Å². The molecule has 7 heteroatoms. The highest BCUT2D eigenvalue weighted by Crippen LogP contribution is 2.21. The quantitative estimate of drug-likeness (QED) is 0.582. The molecule has 3 rings (SSSR count). The molecule has 2 aromatic carbocycles. The topological polar surface area (TPSA) is 78.8 Å². The molecule has 0 aliphatic carbocycles. The summed E-state index contributed by atoms with van der Waals surface area (Å²) in [5, 5.41) is 3.97. The monoisotopic (exact) mass is 411 g/mol. The number of hydrogen-bond acceptors (Lipinski definition) is 4. The third-order valence-corrected chi connectivity index (χ3v) is 6.57. The normalized spacial score (nSPS) is 16.1. The van der Waals surface area contributed by atoms with Gasteiger partial charge in [-0.15, -0.1) is 0 Å². The minimum Gasteiger partial charge on any atom is -0.267 e. The van der Waals surface area contributed by atoms with Crippen molar-refractivity contribution in [1.29, 1.82) is 0 Å². The molecule has 2 aromatic rings. The molecule has 1 aliphatic rings. The molecule has 0 atom stereocenters. The second kappa shape index (κ2) is 9.62. The van der Waals surface area contributed by atoms with Crippen molar-refractivity contribution in [2.75, 3.05) is 13.1 Å². The van der Waals surface area contributed by atoms with Crippen LogP contribution in [0.15, 0.2) is 70.2 Å². The van der Waals surface area contributed by atoms with Crippen LogP contribution in [0.5, 0.6) is 0 Å². The number of benzene rings is 2. The highest BCUT2D eigenvalue weighted by Gasteiger charge is 2.26. The Kier molecular flexibility index (Phi) is 6.95. The summed E-state index contributed by atoms with van der Waals surface area (Å²) in [6, 6.07) is 15.9. The summed E-state index contributed by atoms with van der Waals surface area (Å²) in [5.74, 6) is -0.454. The number of amides is 1. The van der Waals surface area contributed by atoms with Crippen molar-refractivity contribution in [3.8, 4) is 0 Å². The van der Waals surface area contributed by atoms with Gasteiger partial charge in [0.05, 0.1) is 11.1 Å². The van der Waals surface area contributed by atoms with Crippen LogP contribution in [0.3, 0.4) is 0 Å². The Balaban J connectivity index is 1.67. The minimum absolute atomic E-state index is 0.135. The van der Waals surface area contributed by atoms with Crippen LogP contribution in [0.25, 0.3) is 6.08 Å². The smallest absolute Gasteiger partial charge is 0.267 e. The second-order valence-corrected chi connectivity index (χ2v) is 8.93. The van der Waals surface area contributed by atoms with Gasteiger partial charge in [0.1, 0.15) is 0 Å². The van der Waals surface area contributed by atoms with Gasteiger partial charge in [0, 0.05) is 18.7 Å². The number of hydrogen-bond donors (Lipinski definition) is 1. The van der Waals surface area contributed by atoms with Gasteiger partial charge in [0.15, 0.2) is 0 Å². The molecule has 1 aliphatic heterocycles. The fourth-order valence-electron chi connectivity index (χ4n) is 3.16. The standard InChI is InChI=1S/C22H25N3O3S/c1-18(15-19-9-4-2-5-10-19)17-23-24-22(26)20-11-8-12-21(16-20)29(27,28)25-13-6-3-7-14-25/h2,4-5,8-12,15-17H,3,6-7,13-14H2,1H3,(H,24,26)/b18-15+,23-17-. The molecule has 0 saturated carbocycles. The fraction of sp³-hybridized carbons (Fsp3) is 0.273. The van der Waals surface area contributed by atoms with E-state index in [0.29, 0.717) is 13.1 Å².